The third-order valence-corrected chi connectivity index (χ3v) is 5.17. The van der Waals surface area contributed by atoms with Gasteiger partial charge >= 0.3 is 0 Å². The summed E-state index contributed by atoms with van der Waals surface area (Å²) in [5.74, 6) is 0.987. The smallest absolute Gasteiger partial charge is 0.251 e. The number of ether oxygens (including phenoxy) is 2. The van der Waals surface area contributed by atoms with Gasteiger partial charge in [-0.25, -0.2) is 0 Å². The number of amides is 2. The normalized spacial score (nSPS) is 15.4. The Morgan fingerprint density at radius 2 is 1.94 bits per heavy atom. The Labute approximate surface area is 189 Å². The van der Waals surface area contributed by atoms with Crippen LogP contribution in [0.4, 0.5) is 11.4 Å². The Bertz CT molecular complexity index is 894. The van der Waals surface area contributed by atoms with E-state index in [1.165, 1.54) is 0 Å². The van der Waals surface area contributed by atoms with Gasteiger partial charge in [0, 0.05) is 36.2 Å². The van der Waals surface area contributed by atoms with Crippen LogP contribution in [0, 0.1) is 5.92 Å². The van der Waals surface area contributed by atoms with Crippen LogP contribution in [0.15, 0.2) is 48.5 Å². The average Bonchev–Trinajstić information content (AvgIpc) is 3.30. The molecule has 2 aromatic rings. The Balaban J connectivity index is 1.45. The van der Waals surface area contributed by atoms with Crippen LogP contribution < -0.4 is 20.7 Å². The molecule has 2 amide bonds. The lowest BCUT2D eigenvalue weighted by Crippen LogP contribution is -2.31. The zero-order valence-electron chi connectivity index (χ0n) is 18.9. The molecule has 1 fully saturated rings. The second-order valence-corrected chi connectivity index (χ2v) is 8.39. The topological polar surface area (TPSA) is 88.7 Å². The maximum Gasteiger partial charge on any atom is 0.251 e. The van der Waals surface area contributed by atoms with E-state index in [1.807, 2.05) is 24.3 Å². The highest BCUT2D eigenvalue weighted by molar-refractivity contribution is 5.98. The van der Waals surface area contributed by atoms with Crippen molar-refractivity contribution in [3.8, 4) is 5.75 Å². The number of anilines is 2. The highest BCUT2D eigenvalue weighted by Gasteiger charge is 2.17. The summed E-state index contributed by atoms with van der Waals surface area (Å²) in [5.41, 5.74) is 1.89. The number of carbonyl (C=O) groups is 2. The van der Waals surface area contributed by atoms with E-state index in [0.717, 1.165) is 37.3 Å². The molecule has 1 heterocycles. The third-order valence-electron chi connectivity index (χ3n) is 5.17. The van der Waals surface area contributed by atoms with Crippen molar-refractivity contribution in [2.24, 2.45) is 5.92 Å². The summed E-state index contributed by atoms with van der Waals surface area (Å²) < 4.78 is 11.3. The van der Waals surface area contributed by atoms with Crippen LogP contribution in [0.5, 0.6) is 5.75 Å². The van der Waals surface area contributed by atoms with E-state index < -0.39 is 0 Å². The van der Waals surface area contributed by atoms with Crippen molar-refractivity contribution in [1.29, 1.82) is 0 Å². The molecule has 2 aromatic carbocycles. The first-order valence-electron chi connectivity index (χ1n) is 11.3. The lowest BCUT2D eigenvalue weighted by molar-refractivity contribution is -0.114. The molecule has 0 aromatic heterocycles. The van der Waals surface area contributed by atoms with Crippen molar-refractivity contribution in [3.63, 3.8) is 0 Å². The van der Waals surface area contributed by atoms with Crippen molar-refractivity contribution >= 4 is 23.2 Å². The van der Waals surface area contributed by atoms with Crippen LogP contribution in [-0.2, 0) is 9.53 Å². The van der Waals surface area contributed by atoms with E-state index in [1.54, 1.807) is 24.3 Å². The first kappa shape index (κ1) is 23.6. The molecule has 1 aliphatic heterocycles. The number of rotatable bonds is 11. The van der Waals surface area contributed by atoms with Gasteiger partial charge < -0.3 is 25.4 Å². The molecule has 0 radical (unpaired) electrons. The highest BCUT2D eigenvalue weighted by atomic mass is 16.5. The lowest BCUT2D eigenvalue weighted by Gasteiger charge is -2.12. The van der Waals surface area contributed by atoms with Gasteiger partial charge in [0.15, 0.2) is 0 Å². The summed E-state index contributed by atoms with van der Waals surface area (Å²) in [4.78, 5) is 24.8. The highest BCUT2D eigenvalue weighted by Crippen LogP contribution is 2.18. The first-order chi connectivity index (χ1) is 15.5. The number of hydrogen-bond donors (Lipinski definition) is 3. The summed E-state index contributed by atoms with van der Waals surface area (Å²) in [6, 6.07) is 14.5. The average molecular weight is 440 g/mol. The van der Waals surface area contributed by atoms with Gasteiger partial charge in [0.1, 0.15) is 5.75 Å². The van der Waals surface area contributed by atoms with Crippen LogP contribution >= 0.6 is 0 Å². The fourth-order valence-corrected chi connectivity index (χ4v) is 3.35. The van der Waals surface area contributed by atoms with Crippen LogP contribution in [-0.4, -0.2) is 44.2 Å². The molecule has 0 bridgehead atoms. The molecule has 1 saturated heterocycles. The molecule has 0 aliphatic carbocycles. The quantitative estimate of drug-likeness (QED) is 0.491. The Hall–Kier alpha value is -3.06. The standard InChI is InChI=1S/C25H33N3O4/c1-18(2)11-13-32-22-9-4-7-20(15-22)26-17-24(29)28-21-8-3-6-19(14-21)25(30)27-16-23-10-5-12-31-23/h3-4,6-9,14-15,18,23,26H,5,10-13,16-17H2,1-2H3,(H,27,30)(H,28,29). The van der Waals surface area contributed by atoms with Crippen molar-refractivity contribution < 1.29 is 19.1 Å². The van der Waals surface area contributed by atoms with E-state index in [9.17, 15) is 9.59 Å². The molecule has 0 saturated carbocycles. The molecule has 1 atom stereocenters. The Morgan fingerprint density at radius 1 is 1.12 bits per heavy atom. The second kappa shape index (κ2) is 12.1. The van der Waals surface area contributed by atoms with Crippen molar-refractivity contribution in [1.82, 2.24) is 5.32 Å². The molecule has 1 unspecified atom stereocenters. The van der Waals surface area contributed by atoms with Gasteiger partial charge in [-0.1, -0.05) is 26.0 Å². The minimum Gasteiger partial charge on any atom is -0.494 e. The van der Waals surface area contributed by atoms with Crippen molar-refractivity contribution in [2.75, 3.05) is 36.9 Å². The largest absolute Gasteiger partial charge is 0.494 e. The lowest BCUT2D eigenvalue weighted by atomic mass is 10.1. The number of nitrogens with one attached hydrogen (secondary N) is 3. The third kappa shape index (κ3) is 7.89. The fraction of sp³-hybridized carbons (Fsp3) is 0.440. The van der Waals surface area contributed by atoms with Crippen LogP contribution in [0.25, 0.3) is 0 Å². The number of benzene rings is 2. The van der Waals surface area contributed by atoms with Crippen LogP contribution in [0.1, 0.15) is 43.5 Å². The monoisotopic (exact) mass is 439 g/mol. The van der Waals surface area contributed by atoms with Crippen molar-refractivity contribution in [2.45, 2.75) is 39.2 Å². The van der Waals surface area contributed by atoms with E-state index in [0.29, 0.717) is 30.3 Å². The first-order valence-corrected chi connectivity index (χ1v) is 11.3. The summed E-state index contributed by atoms with van der Waals surface area (Å²) >= 11 is 0. The predicted octanol–water partition coefficient (Wildman–Crippen LogP) is 4.07. The SMILES string of the molecule is CC(C)CCOc1cccc(NCC(=O)Nc2cccc(C(=O)NCC3CCCO3)c2)c1. The second-order valence-electron chi connectivity index (χ2n) is 8.39. The zero-order valence-corrected chi connectivity index (χ0v) is 18.9. The molecule has 0 spiro atoms. The molecular weight excluding hydrogens is 406 g/mol. The maximum absolute atomic E-state index is 12.4. The summed E-state index contributed by atoms with van der Waals surface area (Å²) in [5, 5.41) is 8.83. The van der Waals surface area contributed by atoms with Gasteiger partial charge in [-0.15, -0.1) is 0 Å². The van der Waals surface area contributed by atoms with Crippen LogP contribution in [0.2, 0.25) is 0 Å². The molecule has 172 valence electrons. The van der Waals surface area contributed by atoms with E-state index >= 15 is 0 Å². The number of hydrogen-bond acceptors (Lipinski definition) is 5. The molecular formula is C25H33N3O4. The number of carbonyl (C=O) groups excluding carboxylic acids is 2. The van der Waals surface area contributed by atoms with Gasteiger partial charge in [0.25, 0.3) is 5.91 Å². The fourth-order valence-electron chi connectivity index (χ4n) is 3.35. The molecule has 7 heteroatoms. The van der Waals surface area contributed by atoms with E-state index in [2.05, 4.69) is 29.8 Å². The van der Waals surface area contributed by atoms with Crippen LogP contribution in [0.3, 0.4) is 0 Å². The Kier molecular flexibility index (Phi) is 8.92. The maximum atomic E-state index is 12.4. The van der Waals surface area contributed by atoms with E-state index in [-0.39, 0.29) is 24.5 Å². The van der Waals surface area contributed by atoms with Crippen molar-refractivity contribution in [3.05, 3.63) is 54.1 Å². The molecule has 7 nitrogen and oxygen atoms in total. The minimum atomic E-state index is -0.201. The van der Waals surface area contributed by atoms with Gasteiger partial charge in [0.05, 0.1) is 19.3 Å². The van der Waals surface area contributed by atoms with Gasteiger partial charge in [-0.3, -0.25) is 9.59 Å². The summed E-state index contributed by atoms with van der Waals surface area (Å²) in [6.07, 6.45) is 3.08. The summed E-state index contributed by atoms with van der Waals surface area (Å²) in [6.45, 7) is 6.34. The zero-order chi connectivity index (χ0) is 22.8. The van der Waals surface area contributed by atoms with Gasteiger partial charge in [0.2, 0.25) is 5.91 Å². The van der Waals surface area contributed by atoms with Gasteiger partial charge in [-0.05, 0) is 55.5 Å². The molecule has 32 heavy (non-hydrogen) atoms. The summed E-state index contributed by atoms with van der Waals surface area (Å²) in [7, 11) is 0. The molecule has 1 aliphatic rings. The van der Waals surface area contributed by atoms with Gasteiger partial charge in [-0.2, -0.15) is 0 Å². The Morgan fingerprint density at radius 3 is 2.72 bits per heavy atom. The minimum absolute atomic E-state index is 0.0898. The predicted molar refractivity (Wildman–Crippen MR) is 126 cm³/mol. The molecule has 3 N–H and O–H groups in total. The molecule has 3 rings (SSSR count). The van der Waals surface area contributed by atoms with E-state index in [4.69, 9.17) is 9.47 Å².